The van der Waals surface area contributed by atoms with E-state index in [9.17, 15) is 14.9 Å². The molecule has 0 aliphatic rings. The minimum absolute atomic E-state index is 0.0461. The molecule has 6 nitrogen and oxygen atoms in total. The summed E-state index contributed by atoms with van der Waals surface area (Å²) < 4.78 is 0. The first kappa shape index (κ1) is 14.5. The molecule has 0 bridgehead atoms. The molecule has 0 heterocycles. The Morgan fingerprint density at radius 1 is 1.39 bits per heavy atom. The summed E-state index contributed by atoms with van der Waals surface area (Å²) in [5.74, 6) is -0.108. The van der Waals surface area contributed by atoms with E-state index in [1.807, 2.05) is 0 Å². The van der Waals surface area contributed by atoms with Crippen molar-refractivity contribution in [3.63, 3.8) is 0 Å². The summed E-state index contributed by atoms with van der Waals surface area (Å²) in [6, 6.07) is 6.14. The van der Waals surface area contributed by atoms with E-state index in [4.69, 9.17) is 0 Å². The first-order valence-electron chi connectivity index (χ1n) is 5.29. The third kappa shape index (κ3) is 4.34. The largest absolute Gasteiger partial charge is 0.288 e. The van der Waals surface area contributed by atoms with Crippen LogP contribution in [-0.4, -0.2) is 35.2 Å². The van der Waals surface area contributed by atoms with E-state index in [1.54, 1.807) is 38.2 Å². The van der Waals surface area contributed by atoms with Crippen LogP contribution in [0.4, 0.5) is 5.69 Å². The lowest BCUT2D eigenvalue weighted by Crippen LogP contribution is -2.40. The number of hydrogen-bond donors (Lipinski definition) is 1. The number of amides is 1. The maximum atomic E-state index is 11.7. The highest BCUT2D eigenvalue weighted by atomic mass is 32.2. The molecule has 0 spiro atoms. The van der Waals surface area contributed by atoms with Crippen LogP contribution in [0.1, 0.15) is 6.92 Å². The number of carbonyl (C=O) groups is 1. The molecule has 7 heteroatoms. The van der Waals surface area contributed by atoms with Gasteiger partial charge in [0.25, 0.3) is 5.69 Å². The molecule has 0 saturated heterocycles. The van der Waals surface area contributed by atoms with Gasteiger partial charge in [-0.1, -0.05) is 0 Å². The lowest BCUT2D eigenvalue weighted by Gasteiger charge is -2.16. The fourth-order valence-electron chi connectivity index (χ4n) is 1.22. The number of nitrogens with zero attached hydrogens (tertiary/aromatic N) is 2. The fourth-order valence-corrected chi connectivity index (χ4v) is 2.08. The Morgan fingerprint density at radius 2 is 1.94 bits per heavy atom. The zero-order valence-corrected chi connectivity index (χ0v) is 11.2. The maximum absolute atomic E-state index is 11.7. The van der Waals surface area contributed by atoms with Crippen molar-refractivity contribution in [3.8, 4) is 0 Å². The van der Waals surface area contributed by atoms with E-state index in [-0.39, 0.29) is 16.8 Å². The molecule has 98 valence electrons. The second-order valence-electron chi connectivity index (χ2n) is 3.88. The Morgan fingerprint density at radius 3 is 2.39 bits per heavy atom. The smallest absolute Gasteiger partial charge is 0.269 e. The van der Waals surface area contributed by atoms with Crippen molar-refractivity contribution in [3.05, 3.63) is 34.4 Å². The summed E-state index contributed by atoms with van der Waals surface area (Å²) in [6.45, 7) is 1.78. The van der Waals surface area contributed by atoms with Crippen LogP contribution in [0, 0.1) is 10.1 Å². The number of hydrazine groups is 1. The average molecular weight is 269 g/mol. The third-order valence-corrected chi connectivity index (χ3v) is 3.18. The lowest BCUT2D eigenvalue weighted by atomic mass is 10.3. The Bertz CT molecular complexity index is 434. The third-order valence-electron chi connectivity index (χ3n) is 2.06. The molecule has 0 unspecified atom stereocenters. The Kier molecular flexibility index (Phi) is 5.11. The van der Waals surface area contributed by atoms with Gasteiger partial charge in [-0.05, 0) is 19.1 Å². The second-order valence-corrected chi connectivity index (χ2v) is 5.30. The molecule has 1 amide bonds. The zero-order chi connectivity index (χ0) is 13.7. The van der Waals surface area contributed by atoms with Gasteiger partial charge in [-0.25, -0.2) is 5.01 Å². The summed E-state index contributed by atoms with van der Waals surface area (Å²) in [7, 11) is 3.47. The highest BCUT2D eigenvalue weighted by Crippen LogP contribution is 2.25. The van der Waals surface area contributed by atoms with Crippen LogP contribution in [0.25, 0.3) is 0 Å². The minimum atomic E-state index is -0.448. The van der Waals surface area contributed by atoms with Crippen molar-refractivity contribution >= 4 is 23.4 Å². The molecule has 1 aromatic rings. The molecular weight excluding hydrogens is 254 g/mol. The van der Waals surface area contributed by atoms with E-state index in [1.165, 1.54) is 23.9 Å². The summed E-state index contributed by atoms with van der Waals surface area (Å²) in [5.41, 5.74) is 2.70. The predicted octanol–water partition coefficient (Wildman–Crippen LogP) is 1.67. The van der Waals surface area contributed by atoms with Gasteiger partial charge in [-0.3, -0.25) is 20.3 Å². The van der Waals surface area contributed by atoms with Gasteiger partial charge in [0.15, 0.2) is 0 Å². The first-order chi connectivity index (χ1) is 8.40. The van der Waals surface area contributed by atoms with Crippen molar-refractivity contribution in [1.29, 1.82) is 0 Å². The number of nitro groups is 1. The van der Waals surface area contributed by atoms with Gasteiger partial charge in [-0.2, -0.15) is 0 Å². The van der Waals surface area contributed by atoms with Crippen molar-refractivity contribution < 1.29 is 9.72 Å². The minimum Gasteiger partial charge on any atom is -0.288 e. The number of nitrogens with one attached hydrogen (secondary N) is 1. The number of nitro benzene ring substituents is 1. The van der Waals surface area contributed by atoms with Crippen molar-refractivity contribution in [1.82, 2.24) is 10.4 Å². The normalized spacial score (nSPS) is 12.2. The molecule has 0 aliphatic heterocycles. The number of rotatable bonds is 5. The number of carbonyl (C=O) groups excluding carboxylic acids is 1. The van der Waals surface area contributed by atoms with Crippen LogP contribution in [0.5, 0.6) is 0 Å². The number of benzene rings is 1. The molecule has 1 aromatic carbocycles. The van der Waals surface area contributed by atoms with Crippen molar-refractivity contribution in [2.75, 3.05) is 14.1 Å². The predicted molar refractivity (Wildman–Crippen MR) is 70.2 cm³/mol. The van der Waals surface area contributed by atoms with E-state index in [0.29, 0.717) is 0 Å². The Labute approximate surface area is 109 Å². The molecule has 0 saturated carbocycles. The molecule has 1 rings (SSSR count). The number of non-ortho nitro benzene ring substituents is 1. The standard InChI is InChI=1S/C11H15N3O3S/c1-8(11(15)12-13(2)3)18-10-6-4-9(5-7-10)14(16)17/h4-8H,1-3H3,(H,12,15)/t8-/m0/s1. The van der Waals surface area contributed by atoms with Crippen LogP contribution in [0.3, 0.4) is 0 Å². The molecule has 0 aliphatic carbocycles. The number of hydrogen-bond acceptors (Lipinski definition) is 5. The number of thioether (sulfide) groups is 1. The quantitative estimate of drug-likeness (QED) is 0.500. The van der Waals surface area contributed by atoms with Gasteiger partial charge in [-0.15, -0.1) is 11.8 Å². The second kappa shape index (κ2) is 6.36. The Balaban J connectivity index is 2.61. The molecule has 1 N–H and O–H groups in total. The molecule has 0 fully saturated rings. The monoisotopic (exact) mass is 269 g/mol. The van der Waals surface area contributed by atoms with Gasteiger partial charge in [0.05, 0.1) is 10.2 Å². The summed E-state index contributed by atoms with van der Waals surface area (Å²) in [5, 5.41) is 11.8. The first-order valence-corrected chi connectivity index (χ1v) is 6.17. The van der Waals surface area contributed by atoms with E-state index in [2.05, 4.69) is 5.43 Å². The lowest BCUT2D eigenvalue weighted by molar-refractivity contribution is -0.384. The van der Waals surface area contributed by atoms with Gasteiger partial charge in [0, 0.05) is 31.1 Å². The van der Waals surface area contributed by atoms with Gasteiger partial charge < -0.3 is 0 Å². The molecule has 18 heavy (non-hydrogen) atoms. The molecule has 0 radical (unpaired) electrons. The van der Waals surface area contributed by atoms with Gasteiger partial charge >= 0.3 is 0 Å². The Hall–Kier alpha value is -1.60. The van der Waals surface area contributed by atoms with Gasteiger partial charge in [0.1, 0.15) is 0 Å². The van der Waals surface area contributed by atoms with Crippen molar-refractivity contribution in [2.45, 2.75) is 17.1 Å². The molecular formula is C11H15N3O3S. The van der Waals surface area contributed by atoms with Crippen LogP contribution in [-0.2, 0) is 4.79 Å². The van der Waals surface area contributed by atoms with Gasteiger partial charge in [0.2, 0.25) is 5.91 Å². The van der Waals surface area contributed by atoms with Crippen LogP contribution in [0.15, 0.2) is 29.2 Å². The fraction of sp³-hybridized carbons (Fsp3) is 0.364. The summed E-state index contributed by atoms with van der Waals surface area (Å²) in [6.07, 6.45) is 0. The van der Waals surface area contributed by atoms with Crippen LogP contribution >= 0.6 is 11.8 Å². The molecule has 0 aromatic heterocycles. The van der Waals surface area contributed by atoms with E-state index < -0.39 is 4.92 Å². The summed E-state index contributed by atoms with van der Waals surface area (Å²) in [4.78, 5) is 22.5. The highest BCUT2D eigenvalue weighted by molar-refractivity contribution is 8.00. The van der Waals surface area contributed by atoms with Crippen molar-refractivity contribution in [2.24, 2.45) is 0 Å². The SMILES string of the molecule is C[C@H](Sc1ccc([N+](=O)[O-])cc1)C(=O)NN(C)C. The van der Waals surface area contributed by atoms with E-state index in [0.717, 1.165) is 4.90 Å². The zero-order valence-electron chi connectivity index (χ0n) is 10.4. The maximum Gasteiger partial charge on any atom is 0.269 e. The molecule has 1 atom stereocenters. The van der Waals surface area contributed by atoms with Crippen LogP contribution in [0.2, 0.25) is 0 Å². The average Bonchev–Trinajstić information content (AvgIpc) is 2.28. The van der Waals surface area contributed by atoms with E-state index >= 15 is 0 Å². The topological polar surface area (TPSA) is 75.5 Å². The highest BCUT2D eigenvalue weighted by Gasteiger charge is 2.15. The van der Waals surface area contributed by atoms with Crippen LogP contribution < -0.4 is 5.43 Å². The summed E-state index contributed by atoms with van der Waals surface area (Å²) >= 11 is 1.35.